The molecule has 2 rings (SSSR count). The molecule has 0 atom stereocenters. The van der Waals surface area contributed by atoms with Crippen molar-refractivity contribution in [2.75, 3.05) is 5.32 Å². The third kappa shape index (κ3) is 2.93. The number of rotatable bonds is 3. The summed E-state index contributed by atoms with van der Waals surface area (Å²) >= 11 is 3.06. The molecule has 0 spiro atoms. The van der Waals surface area contributed by atoms with E-state index in [1.807, 2.05) is 0 Å². The molecular formula is C13H9BrF2N2O2. The van der Waals surface area contributed by atoms with Crippen molar-refractivity contribution >= 4 is 33.0 Å². The predicted molar refractivity (Wildman–Crippen MR) is 75.2 cm³/mol. The van der Waals surface area contributed by atoms with Crippen LogP contribution in [-0.4, -0.2) is 4.92 Å². The van der Waals surface area contributed by atoms with Crippen LogP contribution in [0.25, 0.3) is 0 Å². The molecule has 0 bridgehead atoms. The summed E-state index contributed by atoms with van der Waals surface area (Å²) in [5, 5.41) is 13.6. The fraction of sp³-hybridized carbons (Fsp3) is 0.0769. The Morgan fingerprint density at radius 3 is 2.55 bits per heavy atom. The van der Waals surface area contributed by atoms with E-state index in [-0.39, 0.29) is 21.7 Å². The molecule has 2 aromatic carbocycles. The highest BCUT2D eigenvalue weighted by atomic mass is 79.9. The zero-order chi connectivity index (χ0) is 14.9. The summed E-state index contributed by atoms with van der Waals surface area (Å²) in [5.41, 5.74) is 0.732. The molecule has 1 N–H and O–H groups in total. The first-order valence-electron chi connectivity index (χ1n) is 5.55. The molecule has 0 amide bonds. The third-order valence-electron chi connectivity index (χ3n) is 2.65. The van der Waals surface area contributed by atoms with Gasteiger partial charge in [-0.05, 0) is 52.7 Å². The molecule has 0 unspecified atom stereocenters. The van der Waals surface area contributed by atoms with Crippen LogP contribution in [0.15, 0.2) is 34.8 Å². The van der Waals surface area contributed by atoms with E-state index in [4.69, 9.17) is 0 Å². The topological polar surface area (TPSA) is 55.2 Å². The molecule has 2 aromatic rings. The molecule has 0 aliphatic heterocycles. The Balaban J connectivity index is 2.43. The number of hydrogen-bond donors (Lipinski definition) is 1. The Hall–Kier alpha value is -2.02. The minimum absolute atomic E-state index is 0.130. The molecular weight excluding hydrogens is 334 g/mol. The number of nitrogens with zero attached hydrogens (tertiary/aromatic N) is 1. The van der Waals surface area contributed by atoms with Crippen LogP contribution in [0, 0.1) is 28.7 Å². The number of benzene rings is 2. The molecule has 0 aromatic heterocycles. The Labute approximate surface area is 121 Å². The van der Waals surface area contributed by atoms with Crippen LogP contribution in [0.1, 0.15) is 5.56 Å². The second-order valence-electron chi connectivity index (χ2n) is 4.13. The van der Waals surface area contributed by atoms with Gasteiger partial charge < -0.3 is 5.32 Å². The van der Waals surface area contributed by atoms with Crippen molar-refractivity contribution in [3.05, 3.63) is 62.1 Å². The van der Waals surface area contributed by atoms with E-state index in [1.165, 1.54) is 18.2 Å². The first-order valence-corrected chi connectivity index (χ1v) is 6.34. The van der Waals surface area contributed by atoms with Gasteiger partial charge in [-0.2, -0.15) is 0 Å². The van der Waals surface area contributed by atoms with Crippen LogP contribution in [0.2, 0.25) is 0 Å². The average molecular weight is 343 g/mol. The summed E-state index contributed by atoms with van der Waals surface area (Å²) < 4.78 is 26.7. The average Bonchev–Trinajstić information content (AvgIpc) is 2.37. The molecule has 0 radical (unpaired) electrons. The van der Waals surface area contributed by atoms with Gasteiger partial charge in [0.25, 0.3) is 5.69 Å². The van der Waals surface area contributed by atoms with E-state index >= 15 is 0 Å². The number of nitro groups is 1. The minimum atomic E-state index is -0.735. The lowest BCUT2D eigenvalue weighted by Crippen LogP contribution is -1.98. The standard InChI is InChI=1S/C13H9BrF2N2O2/c1-7-4-9(2-3-10(7)16)17-11-5-8(15)6-12(13(11)14)18(19)20/h2-6,17H,1H3. The van der Waals surface area contributed by atoms with Crippen molar-refractivity contribution in [2.45, 2.75) is 6.92 Å². The van der Waals surface area contributed by atoms with E-state index in [1.54, 1.807) is 6.92 Å². The van der Waals surface area contributed by atoms with Crippen molar-refractivity contribution in [1.29, 1.82) is 0 Å². The largest absolute Gasteiger partial charge is 0.354 e. The summed E-state index contributed by atoms with van der Waals surface area (Å²) in [6.07, 6.45) is 0. The molecule has 0 heterocycles. The number of nitrogens with one attached hydrogen (secondary N) is 1. The van der Waals surface area contributed by atoms with Crippen molar-refractivity contribution in [3.8, 4) is 0 Å². The third-order valence-corrected chi connectivity index (χ3v) is 3.49. The van der Waals surface area contributed by atoms with Crippen molar-refractivity contribution in [2.24, 2.45) is 0 Å². The molecule has 7 heteroatoms. The molecule has 0 saturated heterocycles. The van der Waals surface area contributed by atoms with E-state index in [2.05, 4.69) is 21.2 Å². The zero-order valence-corrected chi connectivity index (χ0v) is 11.9. The molecule has 0 fully saturated rings. The Morgan fingerprint density at radius 2 is 1.95 bits per heavy atom. The number of nitro benzene ring substituents is 1. The molecule has 4 nitrogen and oxygen atoms in total. The van der Waals surface area contributed by atoms with E-state index in [9.17, 15) is 18.9 Å². The smallest absolute Gasteiger partial charge is 0.288 e. The van der Waals surface area contributed by atoms with E-state index in [0.717, 1.165) is 12.1 Å². The van der Waals surface area contributed by atoms with Crippen LogP contribution in [-0.2, 0) is 0 Å². The first kappa shape index (κ1) is 14.4. The molecule has 0 aliphatic carbocycles. The quantitative estimate of drug-likeness (QED) is 0.650. The van der Waals surface area contributed by atoms with Gasteiger partial charge >= 0.3 is 0 Å². The van der Waals surface area contributed by atoms with Gasteiger partial charge in [-0.3, -0.25) is 10.1 Å². The van der Waals surface area contributed by atoms with E-state index < -0.39 is 10.7 Å². The van der Waals surface area contributed by atoms with Crippen molar-refractivity contribution < 1.29 is 13.7 Å². The fourth-order valence-electron chi connectivity index (χ4n) is 1.68. The number of anilines is 2. The fourth-order valence-corrected chi connectivity index (χ4v) is 2.15. The van der Waals surface area contributed by atoms with Gasteiger partial charge in [0.15, 0.2) is 0 Å². The molecule has 0 saturated carbocycles. The normalized spacial score (nSPS) is 10.4. The molecule has 104 valence electrons. The highest BCUT2D eigenvalue weighted by molar-refractivity contribution is 9.10. The van der Waals surface area contributed by atoms with Crippen LogP contribution < -0.4 is 5.32 Å². The second-order valence-corrected chi connectivity index (χ2v) is 4.93. The monoisotopic (exact) mass is 342 g/mol. The van der Waals surface area contributed by atoms with Gasteiger partial charge in [0, 0.05) is 5.69 Å². The lowest BCUT2D eigenvalue weighted by Gasteiger charge is -2.10. The van der Waals surface area contributed by atoms with Gasteiger partial charge in [-0.25, -0.2) is 8.78 Å². The van der Waals surface area contributed by atoms with Crippen LogP contribution in [0.5, 0.6) is 0 Å². The summed E-state index contributed by atoms with van der Waals surface area (Å²) in [4.78, 5) is 10.1. The maximum atomic E-state index is 13.4. The van der Waals surface area contributed by atoms with Gasteiger partial charge in [0.2, 0.25) is 0 Å². The molecule has 20 heavy (non-hydrogen) atoms. The predicted octanol–water partition coefficient (Wildman–Crippen LogP) is 4.69. The number of hydrogen-bond acceptors (Lipinski definition) is 3. The van der Waals surface area contributed by atoms with Crippen LogP contribution >= 0.6 is 15.9 Å². The first-order chi connectivity index (χ1) is 9.38. The molecule has 0 aliphatic rings. The van der Waals surface area contributed by atoms with Crippen molar-refractivity contribution in [3.63, 3.8) is 0 Å². The zero-order valence-electron chi connectivity index (χ0n) is 10.3. The summed E-state index contributed by atoms with van der Waals surface area (Å²) in [5.74, 6) is -1.10. The maximum absolute atomic E-state index is 13.4. The highest BCUT2D eigenvalue weighted by Gasteiger charge is 2.18. The summed E-state index contributed by atoms with van der Waals surface area (Å²) in [6, 6.07) is 6.20. The van der Waals surface area contributed by atoms with E-state index in [0.29, 0.717) is 11.3 Å². The van der Waals surface area contributed by atoms with Crippen LogP contribution in [0.4, 0.5) is 25.8 Å². The Bertz CT molecular complexity index is 692. The highest BCUT2D eigenvalue weighted by Crippen LogP contribution is 2.35. The Kier molecular flexibility index (Phi) is 3.99. The van der Waals surface area contributed by atoms with Gasteiger partial charge in [0.1, 0.15) is 16.1 Å². The van der Waals surface area contributed by atoms with Crippen LogP contribution in [0.3, 0.4) is 0 Å². The second kappa shape index (κ2) is 5.54. The minimum Gasteiger partial charge on any atom is -0.354 e. The van der Waals surface area contributed by atoms with Crippen molar-refractivity contribution in [1.82, 2.24) is 0 Å². The van der Waals surface area contributed by atoms with Gasteiger partial charge in [0.05, 0.1) is 16.7 Å². The van der Waals surface area contributed by atoms with Gasteiger partial charge in [-0.15, -0.1) is 0 Å². The lowest BCUT2D eigenvalue weighted by molar-refractivity contribution is -0.385. The summed E-state index contributed by atoms with van der Waals surface area (Å²) in [7, 11) is 0. The number of aryl methyl sites for hydroxylation is 1. The number of halogens is 3. The SMILES string of the molecule is Cc1cc(Nc2cc(F)cc([N+](=O)[O-])c2Br)ccc1F. The lowest BCUT2D eigenvalue weighted by atomic mass is 10.2. The summed E-state index contributed by atoms with van der Waals surface area (Å²) in [6.45, 7) is 1.59. The Morgan fingerprint density at radius 1 is 1.25 bits per heavy atom. The van der Waals surface area contributed by atoms with Gasteiger partial charge in [-0.1, -0.05) is 0 Å². The maximum Gasteiger partial charge on any atom is 0.288 e.